The van der Waals surface area contributed by atoms with Crippen LogP contribution in [0.2, 0.25) is 0 Å². The number of rotatable bonds is 3. The summed E-state index contributed by atoms with van der Waals surface area (Å²) in [5, 5.41) is 8.89. The van der Waals surface area contributed by atoms with Gasteiger partial charge in [0.05, 0.1) is 6.42 Å². The van der Waals surface area contributed by atoms with Crippen molar-refractivity contribution in [3.63, 3.8) is 0 Å². The largest absolute Gasteiger partial charge is 0.340 e. The SMILES string of the molecule is CN1CCCC(c2nnc3n2CCN(C(=O)Cc2ccccc2F)CC3)C1. The lowest BCUT2D eigenvalue weighted by Gasteiger charge is -2.29. The highest BCUT2D eigenvalue weighted by Crippen LogP contribution is 2.26. The fourth-order valence-electron chi connectivity index (χ4n) is 4.19. The van der Waals surface area contributed by atoms with Crippen LogP contribution in [0.1, 0.15) is 36.0 Å². The Morgan fingerprint density at radius 2 is 2.04 bits per heavy atom. The fraction of sp³-hybridized carbons (Fsp3) is 0.550. The Balaban J connectivity index is 1.44. The smallest absolute Gasteiger partial charge is 0.227 e. The van der Waals surface area contributed by atoms with E-state index in [1.165, 1.54) is 12.5 Å². The van der Waals surface area contributed by atoms with E-state index in [0.717, 1.165) is 31.2 Å². The van der Waals surface area contributed by atoms with Crippen molar-refractivity contribution in [1.82, 2.24) is 24.6 Å². The van der Waals surface area contributed by atoms with Crippen molar-refractivity contribution >= 4 is 5.91 Å². The Hall–Kier alpha value is -2.28. The Labute approximate surface area is 159 Å². The number of aromatic nitrogens is 3. The lowest BCUT2D eigenvalue weighted by molar-refractivity contribution is -0.130. The molecule has 0 saturated carbocycles. The molecule has 1 aromatic carbocycles. The molecular formula is C20H26FN5O. The molecule has 2 aliphatic rings. The number of benzene rings is 1. The first-order valence-electron chi connectivity index (χ1n) is 9.73. The van der Waals surface area contributed by atoms with E-state index in [1.54, 1.807) is 18.2 Å². The maximum Gasteiger partial charge on any atom is 0.227 e. The van der Waals surface area contributed by atoms with Crippen molar-refractivity contribution in [3.8, 4) is 0 Å². The lowest BCUT2D eigenvalue weighted by atomic mass is 9.97. The van der Waals surface area contributed by atoms with E-state index >= 15 is 0 Å². The summed E-state index contributed by atoms with van der Waals surface area (Å²) >= 11 is 0. The number of halogens is 1. The van der Waals surface area contributed by atoms with Gasteiger partial charge in [-0.1, -0.05) is 18.2 Å². The number of likely N-dealkylation sites (tertiary alicyclic amines) is 1. The molecule has 3 heterocycles. The highest BCUT2D eigenvalue weighted by atomic mass is 19.1. The second kappa shape index (κ2) is 7.76. The van der Waals surface area contributed by atoms with Crippen LogP contribution >= 0.6 is 0 Å². The van der Waals surface area contributed by atoms with Gasteiger partial charge in [0.2, 0.25) is 5.91 Å². The first kappa shape index (κ1) is 18.1. The minimum atomic E-state index is -0.318. The summed E-state index contributed by atoms with van der Waals surface area (Å²) < 4.78 is 16.1. The summed E-state index contributed by atoms with van der Waals surface area (Å²) in [5.74, 6) is 2.07. The molecular weight excluding hydrogens is 345 g/mol. The van der Waals surface area contributed by atoms with Crippen LogP contribution in [0.15, 0.2) is 24.3 Å². The van der Waals surface area contributed by atoms with Gasteiger partial charge in [0.1, 0.15) is 17.5 Å². The van der Waals surface area contributed by atoms with Gasteiger partial charge in [0.15, 0.2) is 0 Å². The molecule has 2 aliphatic heterocycles. The molecule has 144 valence electrons. The van der Waals surface area contributed by atoms with Gasteiger partial charge in [-0.15, -0.1) is 10.2 Å². The molecule has 4 rings (SSSR count). The van der Waals surface area contributed by atoms with Crippen molar-refractivity contribution in [3.05, 3.63) is 47.3 Å². The molecule has 2 aromatic rings. The normalized spacial score (nSPS) is 21.0. The monoisotopic (exact) mass is 371 g/mol. The molecule has 27 heavy (non-hydrogen) atoms. The van der Waals surface area contributed by atoms with Crippen LogP contribution in [0.25, 0.3) is 0 Å². The molecule has 6 nitrogen and oxygen atoms in total. The first-order valence-corrected chi connectivity index (χ1v) is 9.73. The predicted octanol–water partition coefficient (Wildman–Crippen LogP) is 1.85. The van der Waals surface area contributed by atoms with Crippen LogP contribution in [0.4, 0.5) is 4.39 Å². The minimum Gasteiger partial charge on any atom is -0.340 e. The molecule has 0 bridgehead atoms. The lowest BCUT2D eigenvalue weighted by Crippen LogP contribution is -2.35. The molecule has 0 radical (unpaired) electrons. The van der Waals surface area contributed by atoms with Gasteiger partial charge in [0.25, 0.3) is 0 Å². The number of fused-ring (bicyclic) bond motifs is 1. The van der Waals surface area contributed by atoms with Gasteiger partial charge in [-0.3, -0.25) is 4.79 Å². The molecule has 1 saturated heterocycles. The van der Waals surface area contributed by atoms with E-state index in [4.69, 9.17) is 0 Å². The summed E-state index contributed by atoms with van der Waals surface area (Å²) in [6, 6.07) is 6.49. The number of hydrogen-bond donors (Lipinski definition) is 0. The van der Waals surface area contributed by atoms with E-state index in [1.807, 2.05) is 4.90 Å². The van der Waals surface area contributed by atoms with Crippen LogP contribution in [0.5, 0.6) is 0 Å². The van der Waals surface area contributed by atoms with Crippen molar-refractivity contribution in [2.45, 2.75) is 38.1 Å². The van der Waals surface area contributed by atoms with Gasteiger partial charge in [-0.2, -0.15) is 0 Å². The third-order valence-electron chi connectivity index (χ3n) is 5.70. The van der Waals surface area contributed by atoms with Crippen LogP contribution < -0.4 is 0 Å². The third-order valence-corrected chi connectivity index (χ3v) is 5.70. The Morgan fingerprint density at radius 1 is 1.19 bits per heavy atom. The van der Waals surface area contributed by atoms with Crippen molar-refractivity contribution in [1.29, 1.82) is 0 Å². The Morgan fingerprint density at radius 3 is 2.85 bits per heavy atom. The Bertz CT molecular complexity index is 820. The van der Waals surface area contributed by atoms with Gasteiger partial charge in [-0.25, -0.2) is 4.39 Å². The number of hydrogen-bond acceptors (Lipinski definition) is 4. The average Bonchev–Trinajstić information content (AvgIpc) is 2.95. The summed E-state index contributed by atoms with van der Waals surface area (Å²) in [4.78, 5) is 16.9. The van der Waals surface area contributed by atoms with E-state index in [9.17, 15) is 9.18 Å². The predicted molar refractivity (Wildman–Crippen MR) is 99.9 cm³/mol. The molecule has 7 heteroatoms. The zero-order chi connectivity index (χ0) is 18.8. The summed E-state index contributed by atoms with van der Waals surface area (Å²) in [6.45, 7) is 4.08. The number of carbonyl (C=O) groups excluding carboxylic acids is 1. The number of amides is 1. The summed E-state index contributed by atoms with van der Waals surface area (Å²) in [5.41, 5.74) is 0.456. The molecule has 1 fully saturated rings. The highest BCUT2D eigenvalue weighted by Gasteiger charge is 2.28. The molecule has 0 N–H and O–H groups in total. The molecule has 0 aliphatic carbocycles. The van der Waals surface area contributed by atoms with Crippen molar-refractivity contribution in [2.24, 2.45) is 0 Å². The van der Waals surface area contributed by atoms with Crippen LogP contribution in [-0.4, -0.2) is 63.7 Å². The third kappa shape index (κ3) is 3.88. The maximum atomic E-state index is 13.9. The zero-order valence-electron chi connectivity index (χ0n) is 15.8. The van der Waals surface area contributed by atoms with Gasteiger partial charge in [0, 0.05) is 38.5 Å². The van der Waals surface area contributed by atoms with Gasteiger partial charge < -0.3 is 14.4 Å². The van der Waals surface area contributed by atoms with Crippen molar-refractivity contribution in [2.75, 3.05) is 33.2 Å². The van der Waals surface area contributed by atoms with E-state index in [0.29, 0.717) is 37.5 Å². The maximum absolute atomic E-state index is 13.9. The number of piperidine rings is 1. The Kier molecular flexibility index (Phi) is 5.20. The molecule has 1 amide bonds. The topological polar surface area (TPSA) is 54.3 Å². The van der Waals surface area contributed by atoms with Gasteiger partial charge >= 0.3 is 0 Å². The molecule has 1 atom stereocenters. The second-order valence-electron chi connectivity index (χ2n) is 7.63. The van der Waals surface area contributed by atoms with Gasteiger partial charge in [-0.05, 0) is 38.1 Å². The zero-order valence-corrected chi connectivity index (χ0v) is 15.8. The first-order chi connectivity index (χ1) is 13.1. The summed E-state index contributed by atoms with van der Waals surface area (Å²) in [6.07, 6.45) is 3.11. The number of likely N-dealkylation sites (N-methyl/N-ethyl adjacent to an activating group) is 1. The van der Waals surface area contributed by atoms with E-state index < -0.39 is 0 Å². The molecule has 1 aromatic heterocycles. The molecule has 0 spiro atoms. The standard InChI is InChI=1S/C20H26FN5O/c1-24-9-4-6-16(14-24)20-23-22-18-8-10-25(11-12-26(18)20)19(27)13-15-5-2-3-7-17(15)21/h2-3,5,7,16H,4,6,8-14H2,1H3. The van der Waals surface area contributed by atoms with E-state index in [-0.39, 0.29) is 18.1 Å². The highest BCUT2D eigenvalue weighted by molar-refractivity contribution is 5.78. The molecule has 1 unspecified atom stereocenters. The van der Waals surface area contributed by atoms with Crippen molar-refractivity contribution < 1.29 is 9.18 Å². The second-order valence-corrected chi connectivity index (χ2v) is 7.63. The fourth-order valence-corrected chi connectivity index (χ4v) is 4.19. The summed E-state index contributed by atoms with van der Waals surface area (Å²) in [7, 11) is 2.15. The van der Waals surface area contributed by atoms with Crippen LogP contribution in [-0.2, 0) is 24.2 Å². The average molecular weight is 371 g/mol. The number of carbonyl (C=O) groups is 1. The van der Waals surface area contributed by atoms with Crippen LogP contribution in [0.3, 0.4) is 0 Å². The van der Waals surface area contributed by atoms with E-state index in [2.05, 4.69) is 26.7 Å². The minimum absolute atomic E-state index is 0.0299. The van der Waals surface area contributed by atoms with Crippen LogP contribution in [0, 0.1) is 5.82 Å². The quantitative estimate of drug-likeness (QED) is 0.826. The number of nitrogens with zero attached hydrogens (tertiary/aromatic N) is 5.